The molecular weight excluding hydrogens is 315 g/mol. The van der Waals surface area contributed by atoms with Crippen molar-refractivity contribution in [1.29, 1.82) is 5.26 Å². The van der Waals surface area contributed by atoms with E-state index in [0.717, 1.165) is 12.1 Å². The van der Waals surface area contributed by atoms with Crippen LogP contribution in [0.4, 0.5) is 13.2 Å². The van der Waals surface area contributed by atoms with Crippen LogP contribution in [0.3, 0.4) is 0 Å². The first-order valence-corrected chi connectivity index (χ1v) is 5.59. The molecule has 0 aliphatic heterocycles. The highest BCUT2D eigenvalue weighted by atomic mass is 79.9. The summed E-state index contributed by atoms with van der Waals surface area (Å²) in [6.07, 6.45) is -4.73. The van der Waals surface area contributed by atoms with Crippen molar-refractivity contribution < 1.29 is 22.7 Å². The Labute approximate surface area is 109 Å². The molecule has 0 saturated carbocycles. The number of hydrogen-bond donors (Lipinski definition) is 0. The van der Waals surface area contributed by atoms with Gasteiger partial charge < -0.3 is 4.74 Å². The van der Waals surface area contributed by atoms with Gasteiger partial charge in [-0.05, 0) is 35.0 Å². The number of alkyl halides is 3. The fourth-order valence-electron chi connectivity index (χ4n) is 1.34. The monoisotopic (exact) mass is 321 g/mol. The molecule has 0 radical (unpaired) electrons. The number of nitrogens with zero attached hydrogens (tertiary/aromatic N) is 1. The van der Waals surface area contributed by atoms with Crippen LogP contribution in [0, 0.1) is 11.3 Å². The third kappa shape index (κ3) is 2.82. The van der Waals surface area contributed by atoms with E-state index >= 15 is 0 Å². The number of esters is 1. The lowest BCUT2D eigenvalue weighted by Gasteiger charge is -2.14. The second-order valence-electron chi connectivity index (χ2n) is 3.17. The van der Waals surface area contributed by atoms with Gasteiger partial charge in [0.15, 0.2) is 0 Å². The molecule has 0 atom stereocenters. The fraction of sp³-hybridized carbons (Fsp3) is 0.273. The largest absolute Gasteiger partial charge is 0.462 e. The van der Waals surface area contributed by atoms with Gasteiger partial charge in [-0.1, -0.05) is 0 Å². The molecule has 96 valence electrons. The first-order chi connectivity index (χ1) is 8.32. The molecule has 0 amide bonds. The second-order valence-corrected chi connectivity index (χ2v) is 4.03. The molecule has 0 fully saturated rings. The van der Waals surface area contributed by atoms with Gasteiger partial charge in [0.1, 0.15) is 6.07 Å². The van der Waals surface area contributed by atoms with E-state index in [2.05, 4.69) is 20.7 Å². The van der Waals surface area contributed by atoms with E-state index in [1.54, 1.807) is 6.07 Å². The van der Waals surface area contributed by atoms with Crippen LogP contribution in [0.2, 0.25) is 0 Å². The van der Waals surface area contributed by atoms with E-state index < -0.39 is 23.3 Å². The molecular formula is C11H7BrF3NO2. The van der Waals surface area contributed by atoms with Crippen LogP contribution in [0.1, 0.15) is 28.4 Å². The first kappa shape index (κ1) is 14.5. The van der Waals surface area contributed by atoms with E-state index in [9.17, 15) is 18.0 Å². The van der Waals surface area contributed by atoms with Crippen molar-refractivity contribution in [1.82, 2.24) is 0 Å². The lowest BCUT2D eigenvalue weighted by molar-refractivity contribution is -0.138. The highest BCUT2D eigenvalue weighted by Gasteiger charge is 2.37. The average molecular weight is 322 g/mol. The summed E-state index contributed by atoms with van der Waals surface area (Å²) in [6.45, 7) is 1.39. The smallest absolute Gasteiger partial charge is 0.417 e. The van der Waals surface area contributed by atoms with E-state index in [-0.39, 0.29) is 16.6 Å². The Morgan fingerprint density at radius 3 is 2.56 bits per heavy atom. The summed E-state index contributed by atoms with van der Waals surface area (Å²) in [6, 6.07) is 3.37. The minimum atomic E-state index is -4.73. The zero-order valence-electron chi connectivity index (χ0n) is 9.14. The molecule has 0 heterocycles. The molecule has 0 bridgehead atoms. The van der Waals surface area contributed by atoms with Crippen LogP contribution in [0.5, 0.6) is 0 Å². The first-order valence-electron chi connectivity index (χ1n) is 4.79. The zero-order chi connectivity index (χ0) is 13.9. The maximum Gasteiger partial charge on any atom is 0.417 e. The predicted octanol–water partition coefficient (Wildman–Crippen LogP) is 3.52. The number of ether oxygens (including phenoxy) is 1. The topological polar surface area (TPSA) is 50.1 Å². The maximum absolute atomic E-state index is 12.8. The van der Waals surface area contributed by atoms with Crippen LogP contribution in [0.25, 0.3) is 0 Å². The number of rotatable bonds is 2. The van der Waals surface area contributed by atoms with Crippen molar-refractivity contribution in [2.45, 2.75) is 13.1 Å². The average Bonchev–Trinajstić information content (AvgIpc) is 2.27. The Hall–Kier alpha value is -1.55. The summed E-state index contributed by atoms with van der Waals surface area (Å²) < 4.78 is 43.0. The Bertz CT molecular complexity index is 520. The van der Waals surface area contributed by atoms with Gasteiger partial charge in [-0.3, -0.25) is 0 Å². The number of carbonyl (C=O) groups is 1. The van der Waals surface area contributed by atoms with Gasteiger partial charge >= 0.3 is 12.1 Å². The van der Waals surface area contributed by atoms with E-state index in [1.807, 2.05) is 0 Å². The molecule has 18 heavy (non-hydrogen) atoms. The lowest BCUT2D eigenvalue weighted by atomic mass is 10.0. The zero-order valence-corrected chi connectivity index (χ0v) is 10.7. The Balaban J connectivity index is 3.56. The van der Waals surface area contributed by atoms with Gasteiger partial charge in [0.25, 0.3) is 0 Å². The predicted molar refractivity (Wildman–Crippen MR) is 59.8 cm³/mol. The summed E-state index contributed by atoms with van der Waals surface area (Å²) in [7, 11) is 0. The molecule has 3 nitrogen and oxygen atoms in total. The van der Waals surface area contributed by atoms with Gasteiger partial charge in [-0.15, -0.1) is 0 Å². The number of benzene rings is 1. The summed E-state index contributed by atoms with van der Waals surface area (Å²) in [4.78, 5) is 11.5. The minimum absolute atomic E-state index is 0.0759. The molecule has 0 saturated heterocycles. The van der Waals surface area contributed by atoms with Gasteiger partial charge in [0.05, 0.1) is 23.3 Å². The molecule has 0 unspecified atom stereocenters. The number of halogens is 4. The third-order valence-electron chi connectivity index (χ3n) is 2.05. The number of hydrogen-bond acceptors (Lipinski definition) is 3. The molecule has 7 heteroatoms. The van der Waals surface area contributed by atoms with Crippen molar-refractivity contribution in [2.24, 2.45) is 0 Å². The van der Waals surface area contributed by atoms with Crippen molar-refractivity contribution in [3.05, 3.63) is 33.3 Å². The van der Waals surface area contributed by atoms with Crippen molar-refractivity contribution in [3.63, 3.8) is 0 Å². The van der Waals surface area contributed by atoms with Crippen molar-refractivity contribution >= 4 is 21.9 Å². The van der Waals surface area contributed by atoms with Crippen LogP contribution >= 0.6 is 15.9 Å². The lowest BCUT2D eigenvalue weighted by Crippen LogP contribution is -2.17. The van der Waals surface area contributed by atoms with E-state index in [0.29, 0.717) is 0 Å². The van der Waals surface area contributed by atoms with Crippen molar-refractivity contribution in [3.8, 4) is 6.07 Å². The SMILES string of the molecule is CCOC(=O)c1c(C(F)(F)F)ccc(Br)c1C#N. The molecule has 0 spiro atoms. The molecule has 0 aliphatic carbocycles. The highest BCUT2D eigenvalue weighted by molar-refractivity contribution is 9.10. The highest BCUT2D eigenvalue weighted by Crippen LogP contribution is 2.36. The van der Waals surface area contributed by atoms with Gasteiger partial charge in [0.2, 0.25) is 0 Å². The molecule has 1 rings (SSSR count). The Morgan fingerprint density at radius 2 is 2.11 bits per heavy atom. The van der Waals surface area contributed by atoms with Crippen LogP contribution in [-0.4, -0.2) is 12.6 Å². The van der Waals surface area contributed by atoms with Gasteiger partial charge in [0, 0.05) is 4.47 Å². The van der Waals surface area contributed by atoms with E-state index in [4.69, 9.17) is 5.26 Å². The summed E-state index contributed by atoms with van der Waals surface area (Å²) in [5, 5.41) is 8.85. The van der Waals surface area contributed by atoms with Gasteiger partial charge in [-0.25, -0.2) is 4.79 Å². The summed E-state index contributed by atoms with van der Waals surface area (Å²) >= 11 is 2.93. The standard InChI is InChI=1S/C11H7BrF3NO2/c1-2-18-10(17)9-6(5-16)8(12)4-3-7(9)11(13,14)15/h3-4H,2H2,1H3. The minimum Gasteiger partial charge on any atom is -0.462 e. The molecule has 0 aromatic heterocycles. The number of carbonyl (C=O) groups excluding carboxylic acids is 1. The van der Waals surface area contributed by atoms with E-state index in [1.165, 1.54) is 6.92 Å². The van der Waals surface area contributed by atoms with Gasteiger partial charge in [-0.2, -0.15) is 18.4 Å². The number of nitriles is 1. The van der Waals surface area contributed by atoms with Crippen molar-refractivity contribution in [2.75, 3.05) is 6.61 Å². The molecule has 0 N–H and O–H groups in total. The third-order valence-corrected chi connectivity index (χ3v) is 2.71. The molecule has 1 aromatic rings. The quantitative estimate of drug-likeness (QED) is 0.783. The summed E-state index contributed by atoms with van der Waals surface area (Å²) in [5.74, 6) is -1.16. The molecule has 1 aromatic carbocycles. The van der Waals surface area contributed by atoms with Crippen LogP contribution in [0.15, 0.2) is 16.6 Å². The fourth-order valence-corrected chi connectivity index (χ4v) is 1.76. The van der Waals surface area contributed by atoms with Crippen LogP contribution in [-0.2, 0) is 10.9 Å². The Kier molecular flexibility index (Phi) is 4.35. The maximum atomic E-state index is 12.8. The Morgan fingerprint density at radius 1 is 1.50 bits per heavy atom. The van der Waals surface area contributed by atoms with Crippen LogP contribution < -0.4 is 0 Å². The summed E-state index contributed by atoms with van der Waals surface area (Å²) in [5.41, 5.74) is -2.33. The normalized spacial score (nSPS) is 10.9. The second kappa shape index (κ2) is 5.40. The molecule has 0 aliphatic rings.